The van der Waals surface area contributed by atoms with Crippen LogP contribution >= 0.6 is 0 Å². The molecule has 8 nitrogen and oxygen atoms in total. The van der Waals surface area contributed by atoms with Crippen molar-refractivity contribution in [1.82, 2.24) is 28.2 Å². The molecule has 8 heteroatoms. The highest BCUT2D eigenvalue weighted by Gasteiger charge is 2.17. The zero-order chi connectivity index (χ0) is 27.1. The van der Waals surface area contributed by atoms with E-state index in [2.05, 4.69) is 34.2 Å². The van der Waals surface area contributed by atoms with Gasteiger partial charge in [0.05, 0.1) is 0 Å². The number of fused-ring (bicyclic) bond motifs is 2. The summed E-state index contributed by atoms with van der Waals surface area (Å²) in [5, 5.41) is 0. The topological polar surface area (TPSA) is 79.6 Å². The van der Waals surface area contributed by atoms with E-state index in [1.165, 1.54) is 0 Å². The monoisotopic (exact) mass is 524 g/mol. The van der Waals surface area contributed by atoms with Crippen molar-refractivity contribution in [3.8, 4) is 34.2 Å². The number of hydrogen-bond donors (Lipinski definition) is 0. The Morgan fingerprint density at radius 3 is 1.30 bits per heavy atom. The number of benzene rings is 3. The van der Waals surface area contributed by atoms with Gasteiger partial charge in [0.1, 0.15) is 11.4 Å². The fraction of sp³-hybridized carbons (Fsp3) is 0.0625. The Kier molecular flexibility index (Phi) is 5.70. The van der Waals surface area contributed by atoms with Gasteiger partial charge in [-0.3, -0.25) is 18.7 Å². The Labute approximate surface area is 229 Å². The van der Waals surface area contributed by atoms with E-state index in [9.17, 15) is 9.59 Å². The molecule has 194 valence electrons. The molecular formula is C32H24N6O2. The average Bonchev–Trinajstić information content (AvgIpc) is 3.50. The summed E-state index contributed by atoms with van der Waals surface area (Å²) in [4.78, 5) is 34.8. The Balaban J connectivity index is 1.09. The zero-order valence-corrected chi connectivity index (χ0v) is 21.5. The third-order valence-electron chi connectivity index (χ3n) is 7.01. The maximum Gasteiger partial charge on any atom is 0.282 e. The van der Waals surface area contributed by atoms with Crippen molar-refractivity contribution in [3.05, 3.63) is 154 Å². The summed E-state index contributed by atoms with van der Waals surface area (Å²) in [6, 6.07) is 27.4. The normalized spacial score (nSPS) is 11.4. The van der Waals surface area contributed by atoms with Gasteiger partial charge in [0.15, 0.2) is 11.6 Å². The SMILES string of the molecule is O=c1c(-c2ccccc2)nc2cn(Cc3ccc(Cn4ccn5c(=O)c(-c6ccccc6)nc-5c4)cc3)ccn1-2. The van der Waals surface area contributed by atoms with Crippen molar-refractivity contribution < 1.29 is 0 Å². The number of rotatable bonds is 6. The van der Waals surface area contributed by atoms with Crippen molar-refractivity contribution in [2.75, 3.05) is 0 Å². The van der Waals surface area contributed by atoms with E-state index in [1.807, 2.05) is 94.6 Å². The van der Waals surface area contributed by atoms with Crippen molar-refractivity contribution in [2.24, 2.45) is 0 Å². The molecule has 0 aliphatic carbocycles. The minimum atomic E-state index is -0.119. The Morgan fingerprint density at radius 1 is 0.500 bits per heavy atom. The van der Waals surface area contributed by atoms with Gasteiger partial charge in [-0.15, -0.1) is 0 Å². The lowest BCUT2D eigenvalue weighted by Crippen LogP contribution is -2.15. The average molecular weight is 525 g/mol. The number of aromatic nitrogens is 6. The van der Waals surface area contributed by atoms with Crippen molar-refractivity contribution in [1.29, 1.82) is 0 Å². The van der Waals surface area contributed by atoms with E-state index >= 15 is 0 Å². The van der Waals surface area contributed by atoms with Crippen molar-refractivity contribution in [3.63, 3.8) is 0 Å². The van der Waals surface area contributed by atoms with Gasteiger partial charge in [-0.1, -0.05) is 84.9 Å². The molecule has 0 spiro atoms. The maximum atomic E-state index is 12.8. The molecule has 0 amide bonds. The second kappa shape index (κ2) is 9.67. The summed E-state index contributed by atoms with van der Waals surface area (Å²) >= 11 is 0. The maximum absolute atomic E-state index is 12.8. The number of hydrogen-bond acceptors (Lipinski definition) is 4. The lowest BCUT2D eigenvalue weighted by Gasteiger charge is -2.12. The highest BCUT2D eigenvalue weighted by Crippen LogP contribution is 2.19. The van der Waals surface area contributed by atoms with E-state index < -0.39 is 0 Å². The first-order valence-corrected chi connectivity index (χ1v) is 13.0. The first-order valence-electron chi connectivity index (χ1n) is 13.0. The van der Waals surface area contributed by atoms with E-state index in [1.54, 1.807) is 21.5 Å². The van der Waals surface area contributed by atoms with Gasteiger partial charge in [-0.25, -0.2) is 9.97 Å². The Bertz CT molecular complexity index is 1840. The number of imidazole rings is 2. The molecule has 40 heavy (non-hydrogen) atoms. The molecule has 0 radical (unpaired) electrons. The van der Waals surface area contributed by atoms with Crippen LogP contribution < -0.4 is 11.1 Å². The van der Waals surface area contributed by atoms with Crippen LogP contribution in [0.1, 0.15) is 11.1 Å². The molecular weight excluding hydrogens is 500 g/mol. The fourth-order valence-electron chi connectivity index (χ4n) is 4.96. The lowest BCUT2D eigenvalue weighted by atomic mass is 10.1. The van der Waals surface area contributed by atoms with Gasteiger partial charge in [0, 0.05) is 61.4 Å². The second-order valence-electron chi connectivity index (χ2n) is 9.74. The van der Waals surface area contributed by atoms with Crippen LogP contribution in [0.4, 0.5) is 0 Å². The van der Waals surface area contributed by atoms with Crippen LogP contribution in [0.3, 0.4) is 0 Å². The molecule has 0 fully saturated rings. The van der Waals surface area contributed by atoms with Crippen LogP contribution in [0.25, 0.3) is 34.2 Å². The van der Waals surface area contributed by atoms with Gasteiger partial charge in [0.25, 0.3) is 11.1 Å². The van der Waals surface area contributed by atoms with E-state index in [4.69, 9.17) is 0 Å². The number of nitrogens with zero attached hydrogens (tertiary/aromatic N) is 6. The minimum absolute atomic E-state index is 0.119. The third kappa shape index (κ3) is 4.31. The van der Waals surface area contributed by atoms with Gasteiger partial charge in [-0.2, -0.15) is 0 Å². The van der Waals surface area contributed by atoms with Crippen LogP contribution in [-0.2, 0) is 13.1 Å². The Hall–Kier alpha value is -5.50. The third-order valence-corrected chi connectivity index (χ3v) is 7.01. The lowest BCUT2D eigenvalue weighted by molar-refractivity contribution is 0.749. The van der Waals surface area contributed by atoms with Crippen LogP contribution in [0, 0.1) is 0 Å². The molecule has 0 saturated heterocycles. The summed E-state index contributed by atoms with van der Waals surface area (Å²) in [7, 11) is 0. The summed E-state index contributed by atoms with van der Waals surface area (Å²) in [6.45, 7) is 1.31. The standard InChI is InChI=1S/C32H24N6O2/c39-31-29(25-7-3-1-4-8-25)33-27-21-35(15-17-37(27)31)19-23-11-13-24(14-12-23)20-36-16-18-38-28(22-36)34-30(32(38)40)26-9-5-2-6-10-26/h1-18,21-22H,19-20H2. The fourth-order valence-corrected chi connectivity index (χ4v) is 4.96. The van der Waals surface area contributed by atoms with Gasteiger partial charge >= 0.3 is 0 Å². The summed E-state index contributed by atoms with van der Waals surface area (Å²) in [5.41, 5.74) is 4.56. The second-order valence-corrected chi connectivity index (χ2v) is 9.74. The summed E-state index contributed by atoms with van der Waals surface area (Å²) < 4.78 is 7.21. The smallest absolute Gasteiger partial charge is 0.282 e. The molecule has 3 aromatic rings. The molecule has 7 rings (SSSR count). The van der Waals surface area contributed by atoms with Gasteiger partial charge < -0.3 is 9.13 Å². The van der Waals surface area contributed by atoms with Crippen LogP contribution in [0.15, 0.2) is 132 Å². The summed E-state index contributed by atoms with van der Waals surface area (Å²) in [6.07, 6.45) is 11.1. The van der Waals surface area contributed by atoms with Crippen molar-refractivity contribution >= 4 is 0 Å². The van der Waals surface area contributed by atoms with E-state index in [0.29, 0.717) is 36.1 Å². The molecule has 0 saturated carbocycles. The van der Waals surface area contributed by atoms with E-state index in [0.717, 1.165) is 22.3 Å². The van der Waals surface area contributed by atoms with Crippen LogP contribution in [-0.4, -0.2) is 28.2 Å². The highest BCUT2D eigenvalue weighted by molar-refractivity contribution is 5.61. The molecule has 4 heterocycles. The van der Waals surface area contributed by atoms with Gasteiger partial charge in [0.2, 0.25) is 0 Å². The minimum Gasteiger partial charge on any atom is -0.345 e. The summed E-state index contributed by atoms with van der Waals surface area (Å²) in [5.74, 6) is 1.23. The van der Waals surface area contributed by atoms with Crippen molar-refractivity contribution in [2.45, 2.75) is 13.1 Å². The predicted molar refractivity (Wildman–Crippen MR) is 154 cm³/mol. The van der Waals surface area contributed by atoms with Crippen LogP contribution in [0.2, 0.25) is 0 Å². The van der Waals surface area contributed by atoms with Crippen LogP contribution in [0.5, 0.6) is 0 Å². The molecule has 4 aliphatic heterocycles. The first kappa shape index (κ1) is 23.6. The molecule has 3 aromatic carbocycles. The highest BCUT2D eigenvalue weighted by atomic mass is 16.1. The molecule has 0 N–H and O–H groups in total. The first-order chi connectivity index (χ1) is 19.6. The predicted octanol–water partition coefficient (Wildman–Crippen LogP) is 4.69. The van der Waals surface area contributed by atoms with E-state index in [-0.39, 0.29) is 11.1 Å². The quantitative estimate of drug-likeness (QED) is 0.316. The molecule has 0 aromatic heterocycles. The zero-order valence-electron chi connectivity index (χ0n) is 21.5. The Morgan fingerprint density at radius 2 is 0.900 bits per heavy atom. The molecule has 4 aliphatic rings. The largest absolute Gasteiger partial charge is 0.345 e. The molecule has 0 atom stereocenters. The molecule has 0 bridgehead atoms. The van der Waals surface area contributed by atoms with Gasteiger partial charge in [-0.05, 0) is 11.1 Å². The molecule has 0 unspecified atom stereocenters.